The molecule has 3 rings (SSSR count). The quantitative estimate of drug-likeness (QED) is 0.840. The maximum Gasteiger partial charge on any atom is 0.261 e. The third-order valence-electron chi connectivity index (χ3n) is 3.87. The molecule has 1 atom stereocenters. The fraction of sp³-hybridized carbons (Fsp3) is 0.312. The summed E-state index contributed by atoms with van der Waals surface area (Å²) in [4.78, 5) is 13.9. The molecular formula is C16H14F3NO2S. The highest BCUT2D eigenvalue weighted by atomic mass is 32.1. The summed E-state index contributed by atoms with van der Waals surface area (Å²) in [6.07, 6.45) is 2.97. The first-order valence-electron chi connectivity index (χ1n) is 7.17. The number of carbonyl (C=O) groups is 1. The van der Waals surface area contributed by atoms with Crippen LogP contribution in [0.5, 0.6) is 0 Å². The minimum Gasteiger partial charge on any atom is -0.394 e. The lowest BCUT2D eigenvalue weighted by Gasteiger charge is -2.16. The van der Waals surface area contributed by atoms with Gasteiger partial charge in [-0.25, -0.2) is 13.2 Å². The number of benzene rings is 1. The van der Waals surface area contributed by atoms with Crippen LogP contribution in [-0.2, 0) is 12.8 Å². The summed E-state index contributed by atoms with van der Waals surface area (Å²) < 4.78 is 39.6. The minimum absolute atomic E-state index is 0.0265. The first-order chi connectivity index (χ1) is 11.0. The molecule has 1 heterocycles. The van der Waals surface area contributed by atoms with Crippen molar-refractivity contribution >= 4 is 17.2 Å². The van der Waals surface area contributed by atoms with E-state index >= 15 is 0 Å². The second kappa shape index (κ2) is 6.33. The van der Waals surface area contributed by atoms with Gasteiger partial charge in [-0.1, -0.05) is 0 Å². The number of aliphatic hydroxyl groups is 1. The number of thiophene rings is 1. The molecule has 2 aromatic rings. The van der Waals surface area contributed by atoms with Crippen molar-refractivity contribution in [3.05, 3.63) is 56.5 Å². The Morgan fingerprint density at radius 1 is 1.22 bits per heavy atom. The topological polar surface area (TPSA) is 49.3 Å². The lowest BCUT2D eigenvalue weighted by atomic mass is 10.1. The Labute approximate surface area is 134 Å². The molecule has 1 aromatic carbocycles. The molecule has 0 fully saturated rings. The number of hydrogen-bond acceptors (Lipinski definition) is 3. The van der Waals surface area contributed by atoms with Crippen molar-refractivity contribution in [3.8, 4) is 0 Å². The predicted molar refractivity (Wildman–Crippen MR) is 80.0 cm³/mol. The van der Waals surface area contributed by atoms with Crippen molar-refractivity contribution in [2.24, 2.45) is 0 Å². The summed E-state index contributed by atoms with van der Waals surface area (Å²) in [6, 6.07) is 2.34. The summed E-state index contributed by atoms with van der Waals surface area (Å²) in [6.45, 7) is -0.554. The van der Waals surface area contributed by atoms with Crippen LogP contribution >= 0.6 is 11.3 Å². The Balaban J connectivity index is 1.80. The van der Waals surface area contributed by atoms with Crippen molar-refractivity contribution in [1.82, 2.24) is 5.32 Å². The molecule has 0 spiro atoms. The molecule has 0 radical (unpaired) electrons. The van der Waals surface area contributed by atoms with Crippen LogP contribution < -0.4 is 5.32 Å². The van der Waals surface area contributed by atoms with Gasteiger partial charge in [0.2, 0.25) is 0 Å². The van der Waals surface area contributed by atoms with E-state index < -0.39 is 36.0 Å². The molecule has 0 aliphatic heterocycles. The fourth-order valence-corrected chi connectivity index (χ4v) is 3.84. The van der Waals surface area contributed by atoms with Crippen LogP contribution in [0.15, 0.2) is 18.2 Å². The zero-order valence-corrected chi connectivity index (χ0v) is 12.9. The standard InChI is InChI=1S/C16H14F3NO2S/c17-10-4-9(5-11(18)15(10)19)12(7-21)20-16(22)14-6-8-2-1-3-13(8)23-14/h4-6,12,21H,1-3,7H2,(H,20,22). The SMILES string of the molecule is O=C(NC(CO)c1cc(F)c(F)c(F)c1)c1cc2c(s1)CCC2. The number of carbonyl (C=O) groups excluding carboxylic acids is 1. The Morgan fingerprint density at radius 3 is 2.52 bits per heavy atom. The van der Waals surface area contributed by atoms with E-state index in [2.05, 4.69) is 5.32 Å². The predicted octanol–water partition coefficient (Wildman–Crippen LogP) is 3.12. The molecule has 1 aromatic heterocycles. The highest BCUT2D eigenvalue weighted by molar-refractivity contribution is 7.14. The normalized spacial score (nSPS) is 14.6. The summed E-state index contributed by atoms with van der Waals surface area (Å²) in [5, 5.41) is 11.9. The average Bonchev–Trinajstić information content (AvgIpc) is 3.11. The Bertz CT molecular complexity index is 715. The first kappa shape index (κ1) is 16.0. The molecule has 1 aliphatic rings. The molecule has 1 aliphatic carbocycles. The van der Waals surface area contributed by atoms with E-state index in [9.17, 15) is 23.1 Å². The van der Waals surface area contributed by atoms with E-state index in [-0.39, 0.29) is 5.56 Å². The average molecular weight is 341 g/mol. The second-order valence-corrected chi connectivity index (χ2v) is 6.56. The van der Waals surface area contributed by atoms with Gasteiger partial charge in [0.15, 0.2) is 17.5 Å². The molecule has 122 valence electrons. The fourth-order valence-electron chi connectivity index (χ4n) is 2.68. The summed E-state index contributed by atoms with van der Waals surface area (Å²) in [5.74, 6) is -4.72. The van der Waals surface area contributed by atoms with Gasteiger partial charge in [-0.2, -0.15) is 0 Å². The Morgan fingerprint density at radius 2 is 1.91 bits per heavy atom. The monoisotopic (exact) mass is 341 g/mol. The van der Waals surface area contributed by atoms with E-state index in [0.717, 1.165) is 37.0 Å². The van der Waals surface area contributed by atoms with Crippen LogP contribution in [-0.4, -0.2) is 17.6 Å². The summed E-state index contributed by atoms with van der Waals surface area (Å²) in [5.41, 5.74) is 1.13. The highest BCUT2D eigenvalue weighted by Gasteiger charge is 2.22. The van der Waals surface area contributed by atoms with E-state index in [4.69, 9.17) is 0 Å². The molecule has 1 unspecified atom stereocenters. The van der Waals surface area contributed by atoms with Gasteiger partial charge in [0.1, 0.15) is 0 Å². The number of amides is 1. The summed E-state index contributed by atoms with van der Waals surface area (Å²) >= 11 is 1.38. The number of fused-ring (bicyclic) bond motifs is 1. The maximum atomic E-state index is 13.3. The van der Waals surface area contributed by atoms with Gasteiger partial charge in [-0.15, -0.1) is 11.3 Å². The van der Waals surface area contributed by atoms with E-state index in [1.807, 2.05) is 6.07 Å². The lowest BCUT2D eigenvalue weighted by molar-refractivity contribution is 0.0920. The van der Waals surface area contributed by atoms with Gasteiger partial charge >= 0.3 is 0 Å². The molecular weight excluding hydrogens is 327 g/mol. The van der Waals surface area contributed by atoms with Gasteiger partial charge in [-0.05, 0) is 48.6 Å². The van der Waals surface area contributed by atoms with Gasteiger partial charge in [0, 0.05) is 4.88 Å². The highest BCUT2D eigenvalue weighted by Crippen LogP contribution is 2.31. The Kier molecular flexibility index (Phi) is 4.41. The Hall–Kier alpha value is -1.86. The van der Waals surface area contributed by atoms with E-state index in [0.29, 0.717) is 4.88 Å². The number of rotatable bonds is 4. The van der Waals surface area contributed by atoms with Crippen LogP contribution in [0.4, 0.5) is 13.2 Å². The zero-order chi connectivity index (χ0) is 16.6. The van der Waals surface area contributed by atoms with Crippen LogP contribution in [0.1, 0.15) is 38.1 Å². The van der Waals surface area contributed by atoms with Crippen LogP contribution in [0, 0.1) is 17.5 Å². The number of aliphatic hydroxyl groups excluding tert-OH is 1. The van der Waals surface area contributed by atoms with Crippen LogP contribution in [0.25, 0.3) is 0 Å². The van der Waals surface area contributed by atoms with Crippen molar-refractivity contribution in [1.29, 1.82) is 0 Å². The van der Waals surface area contributed by atoms with Crippen LogP contribution in [0.2, 0.25) is 0 Å². The van der Waals surface area contributed by atoms with Gasteiger partial charge < -0.3 is 10.4 Å². The minimum atomic E-state index is -1.58. The molecule has 3 nitrogen and oxygen atoms in total. The smallest absolute Gasteiger partial charge is 0.261 e. The van der Waals surface area contributed by atoms with Crippen LogP contribution in [0.3, 0.4) is 0 Å². The van der Waals surface area contributed by atoms with Crippen molar-refractivity contribution in [2.75, 3.05) is 6.61 Å². The largest absolute Gasteiger partial charge is 0.394 e. The van der Waals surface area contributed by atoms with Crippen molar-refractivity contribution in [3.63, 3.8) is 0 Å². The van der Waals surface area contributed by atoms with Crippen molar-refractivity contribution < 1.29 is 23.1 Å². The maximum absolute atomic E-state index is 13.3. The van der Waals surface area contributed by atoms with E-state index in [1.54, 1.807) is 0 Å². The molecule has 7 heteroatoms. The number of nitrogens with one attached hydrogen (secondary N) is 1. The molecule has 0 bridgehead atoms. The number of hydrogen-bond donors (Lipinski definition) is 2. The second-order valence-electron chi connectivity index (χ2n) is 5.42. The molecule has 2 N–H and O–H groups in total. The van der Waals surface area contributed by atoms with E-state index in [1.165, 1.54) is 16.2 Å². The van der Waals surface area contributed by atoms with Crippen molar-refractivity contribution in [2.45, 2.75) is 25.3 Å². The van der Waals surface area contributed by atoms with Gasteiger partial charge in [0.25, 0.3) is 5.91 Å². The zero-order valence-electron chi connectivity index (χ0n) is 12.0. The lowest BCUT2D eigenvalue weighted by Crippen LogP contribution is -2.30. The molecule has 1 amide bonds. The summed E-state index contributed by atoms with van der Waals surface area (Å²) in [7, 11) is 0. The number of aryl methyl sites for hydroxylation is 2. The molecule has 0 saturated carbocycles. The van der Waals surface area contributed by atoms with Gasteiger partial charge in [-0.3, -0.25) is 4.79 Å². The molecule has 0 saturated heterocycles. The third-order valence-corrected chi connectivity index (χ3v) is 5.10. The van der Waals surface area contributed by atoms with Gasteiger partial charge in [0.05, 0.1) is 17.5 Å². The first-order valence-corrected chi connectivity index (χ1v) is 7.99. The number of halogens is 3. The molecule has 23 heavy (non-hydrogen) atoms. The third kappa shape index (κ3) is 3.11.